The number of benzene rings is 2. The first-order chi connectivity index (χ1) is 14.7. The van der Waals surface area contributed by atoms with E-state index in [9.17, 15) is 9.59 Å². The second kappa shape index (κ2) is 9.27. The molecule has 2 aromatic carbocycles. The molecule has 164 valence electrons. The largest absolute Gasteiger partial charge is 0.459 e. The SMILES string of the molecule is C=CC[C@H]1Cc2ccc(Br)cc2[C@@]1(NC(=O)OC(C)(C)C)C(=O)OCc1ccccc1. The van der Waals surface area contributed by atoms with Crippen LogP contribution in [0.2, 0.25) is 0 Å². The minimum atomic E-state index is -1.37. The van der Waals surface area contributed by atoms with Crippen molar-refractivity contribution >= 4 is 28.0 Å². The van der Waals surface area contributed by atoms with Gasteiger partial charge in [-0.1, -0.05) is 58.4 Å². The van der Waals surface area contributed by atoms with E-state index in [4.69, 9.17) is 9.47 Å². The molecule has 0 heterocycles. The molecule has 0 unspecified atom stereocenters. The lowest BCUT2D eigenvalue weighted by atomic mass is 9.81. The van der Waals surface area contributed by atoms with Crippen molar-refractivity contribution in [3.05, 3.63) is 82.3 Å². The van der Waals surface area contributed by atoms with Gasteiger partial charge in [0.1, 0.15) is 12.2 Å². The van der Waals surface area contributed by atoms with Crippen LogP contribution in [0, 0.1) is 5.92 Å². The highest BCUT2D eigenvalue weighted by Gasteiger charge is 2.55. The average Bonchev–Trinajstić information content (AvgIpc) is 2.99. The van der Waals surface area contributed by atoms with E-state index < -0.39 is 23.2 Å². The zero-order chi connectivity index (χ0) is 22.6. The third kappa shape index (κ3) is 5.18. The van der Waals surface area contributed by atoms with E-state index in [1.165, 1.54) is 0 Å². The number of hydrogen-bond donors (Lipinski definition) is 1. The van der Waals surface area contributed by atoms with E-state index >= 15 is 0 Å². The Kier molecular flexibility index (Phi) is 6.90. The number of hydrogen-bond acceptors (Lipinski definition) is 4. The molecule has 0 saturated carbocycles. The molecule has 1 aliphatic carbocycles. The third-order valence-corrected chi connectivity index (χ3v) is 5.75. The van der Waals surface area contributed by atoms with Crippen molar-refractivity contribution in [3.63, 3.8) is 0 Å². The number of allylic oxidation sites excluding steroid dienone is 1. The molecule has 0 spiro atoms. The van der Waals surface area contributed by atoms with Crippen LogP contribution in [0.4, 0.5) is 4.79 Å². The lowest BCUT2D eigenvalue weighted by molar-refractivity contribution is -0.156. The zero-order valence-electron chi connectivity index (χ0n) is 18.1. The van der Waals surface area contributed by atoms with Crippen LogP contribution in [-0.2, 0) is 32.8 Å². The van der Waals surface area contributed by atoms with Gasteiger partial charge in [-0.2, -0.15) is 0 Å². The van der Waals surface area contributed by atoms with Gasteiger partial charge in [-0.25, -0.2) is 9.59 Å². The fourth-order valence-electron chi connectivity index (χ4n) is 3.99. The second-order valence-electron chi connectivity index (χ2n) is 8.72. The van der Waals surface area contributed by atoms with Gasteiger partial charge in [-0.15, -0.1) is 6.58 Å². The van der Waals surface area contributed by atoms with Gasteiger partial charge in [0.2, 0.25) is 0 Å². The Morgan fingerprint density at radius 2 is 1.94 bits per heavy atom. The second-order valence-corrected chi connectivity index (χ2v) is 9.64. The monoisotopic (exact) mass is 485 g/mol. The van der Waals surface area contributed by atoms with Crippen molar-refractivity contribution in [1.29, 1.82) is 0 Å². The van der Waals surface area contributed by atoms with E-state index in [2.05, 4.69) is 27.8 Å². The van der Waals surface area contributed by atoms with Gasteiger partial charge < -0.3 is 14.8 Å². The Bertz CT molecular complexity index is 967. The van der Waals surface area contributed by atoms with Crippen LogP contribution in [0.5, 0.6) is 0 Å². The highest BCUT2D eigenvalue weighted by molar-refractivity contribution is 9.10. The molecule has 6 heteroatoms. The van der Waals surface area contributed by atoms with Crippen molar-refractivity contribution in [2.24, 2.45) is 5.92 Å². The Morgan fingerprint density at radius 3 is 2.58 bits per heavy atom. The summed E-state index contributed by atoms with van der Waals surface area (Å²) < 4.78 is 12.1. The number of esters is 1. The standard InChI is InChI=1S/C25H28BrNO4/c1-5-9-19-14-18-12-13-20(26)15-21(18)25(19,27-23(29)31-24(2,3)4)22(28)30-16-17-10-7-6-8-11-17/h5-8,10-13,15,19H,1,9,14,16H2,2-4H3,(H,27,29)/t19-,25+/m0/s1. The summed E-state index contributed by atoms with van der Waals surface area (Å²) in [5.41, 5.74) is 0.507. The summed E-state index contributed by atoms with van der Waals surface area (Å²) >= 11 is 3.50. The van der Waals surface area contributed by atoms with E-state index in [1.54, 1.807) is 26.8 Å². The summed E-state index contributed by atoms with van der Waals surface area (Å²) in [7, 11) is 0. The van der Waals surface area contributed by atoms with Crippen molar-refractivity contribution in [2.75, 3.05) is 0 Å². The number of rotatable bonds is 6. The summed E-state index contributed by atoms with van der Waals surface area (Å²) in [5.74, 6) is -0.754. The molecular weight excluding hydrogens is 458 g/mol. The molecule has 0 aliphatic heterocycles. The zero-order valence-corrected chi connectivity index (χ0v) is 19.7. The summed E-state index contributed by atoms with van der Waals surface area (Å²) in [4.78, 5) is 26.5. The van der Waals surface area contributed by atoms with E-state index in [1.807, 2.05) is 48.5 Å². The van der Waals surface area contributed by atoms with Crippen LogP contribution < -0.4 is 5.32 Å². The van der Waals surface area contributed by atoms with E-state index in [-0.39, 0.29) is 12.5 Å². The molecule has 5 nitrogen and oxygen atoms in total. The molecule has 1 amide bonds. The lowest BCUT2D eigenvalue weighted by Crippen LogP contribution is -2.56. The molecule has 0 aromatic heterocycles. The maximum absolute atomic E-state index is 13.7. The van der Waals surface area contributed by atoms with Gasteiger partial charge in [-0.3, -0.25) is 0 Å². The maximum Gasteiger partial charge on any atom is 0.408 e. The summed E-state index contributed by atoms with van der Waals surface area (Å²) in [6.45, 7) is 9.32. The minimum Gasteiger partial charge on any atom is -0.459 e. The molecule has 0 bridgehead atoms. The number of alkyl carbamates (subject to hydrolysis) is 1. The fourth-order valence-corrected chi connectivity index (χ4v) is 4.35. The molecule has 1 N–H and O–H groups in total. The first kappa shape index (κ1) is 23.1. The molecular formula is C25H28BrNO4. The molecule has 0 saturated heterocycles. The minimum absolute atomic E-state index is 0.113. The van der Waals surface area contributed by atoms with Crippen LogP contribution in [-0.4, -0.2) is 17.7 Å². The highest BCUT2D eigenvalue weighted by Crippen LogP contribution is 2.45. The number of fused-ring (bicyclic) bond motifs is 1. The first-order valence-electron chi connectivity index (χ1n) is 10.3. The fraction of sp³-hybridized carbons (Fsp3) is 0.360. The van der Waals surface area contributed by atoms with Crippen LogP contribution >= 0.6 is 15.9 Å². The number of amides is 1. The Hall–Kier alpha value is -2.60. The van der Waals surface area contributed by atoms with E-state index in [0.717, 1.165) is 21.2 Å². The lowest BCUT2D eigenvalue weighted by Gasteiger charge is -2.35. The van der Waals surface area contributed by atoms with Crippen molar-refractivity contribution in [1.82, 2.24) is 5.32 Å². The predicted molar refractivity (Wildman–Crippen MR) is 123 cm³/mol. The molecule has 0 radical (unpaired) electrons. The normalized spacial score (nSPS) is 19.9. The Morgan fingerprint density at radius 1 is 1.23 bits per heavy atom. The number of carbonyl (C=O) groups excluding carboxylic acids is 2. The molecule has 2 atom stereocenters. The van der Waals surface area contributed by atoms with Gasteiger partial charge in [-0.05, 0) is 62.4 Å². The van der Waals surface area contributed by atoms with Crippen LogP contribution in [0.15, 0.2) is 65.7 Å². The average molecular weight is 486 g/mol. The van der Waals surface area contributed by atoms with Crippen LogP contribution in [0.1, 0.15) is 43.9 Å². The topological polar surface area (TPSA) is 64.6 Å². The molecule has 1 aliphatic rings. The molecule has 2 aromatic rings. The molecule has 3 rings (SSSR count). The predicted octanol–water partition coefficient (Wildman–Crippen LogP) is 5.66. The summed E-state index contributed by atoms with van der Waals surface area (Å²) in [6, 6.07) is 15.2. The summed E-state index contributed by atoms with van der Waals surface area (Å²) in [5, 5.41) is 2.90. The first-order valence-corrected chi connectivity index (χ1v) is 11.1. The van der Waals surface area contributed by atoms with Gasteiger partial charge in [0.25, 0.3) is 0 Å². The number of carbonyl (C=O) groups is 2. The van der Waals surface area contributed by atoms with E-state index in [0.29, 0.717) is 12.8 Å². The number of nitrogens with one attached hydrogen (secondary N) is 1. The number of halogens is 1. The Balaban J connectivity index is 2.02. The smallest absolute Gasteiger partial charge is 0.408 e. The Labute approximate surface area is 192 Å². The number of ether oxygens (including phenoxy) is 2. The van der Waals surface area contributed by atoms with Gasteiger partial charge in [0.05, 0.1) is 0 Å². The summed E-state index contributed by atoms with van der Waals surface area (Å²) in [6.07, 6.45) is 2.25. The third-order valence-electron chi connectivity index (χ3n) is 5.26. The van der Waals surface area contributed by atoms with Crippen molar-refractivity contribution < 1.29 is 19.1 Å². The van der Waals surface area contributed by atoms with Crippen LogP contribution in [0.3, 0.4) is 0 Å². The maximum atomic E-state index is 13.7. The molecule has 31 heavy (non-hydrogen) atoms. The van der Waals surface area contributed by atoms with Crippen LogP contribution in [0.25, 0.3) is 0 Å². The van der Waals surface area contributed by atoms with Crippen molar-refractivity contribution in [2.45, 2.75) is 51.4 Å². The van der Waals surface area contributed by atoms with Crippen molar-refractivity contribution in [3.8, 4) is 0 Å². The van der Waals surface area contributed by atoms with Gasteiger partial charge in [0, 0.05) is 10.4 Å². The quantitative estimate of drug-likeness (QED) is 0.423. The van der Waals surface area contributed by atoms with Gasteiger partial charge in [0.15, 0.2) is 5.54 Å². The van der Waals surface area contributed by atoms with Gasteiger partial charge >= 0.3 is 12.1 Å². The molecule has 0 fully saturated rings. The highest BCUT2D eigenvalue weighted by atomic mass is 79.9.